The number of nitrogens with zero attached hydrogens (tertiary/aromatic N) is 5. The van der Waals surface area contributed by atoms with Gasteiger partial charge in [-0.05, 0) is 55.9 Å². The maximum Gasteiger partial charge on any atom is 0.163 e. The van der Waals surface area contributed by atoms with Crippen LogP contribution in [-0.2, 0) is 13.1 Å². The number of aromatic nitrogens is 5. The summed E-state index contributed by atoms with van der Waals surface area (Å²) in [5, 5.41) is 17.5. The van der Waals surface area contributed by atoms with Gasteiger partial charge in [-0.25, -0.2) is 9.97 Å². The Balaban J connectivity index is 1.41. The first-order chi connectivity index (χ1) is 18.4. The molecule has 6 aromatic rings. The molecule has 0 aliphatic carbocycles. The lowest BCUT2D eigenvalue weighted by molar-refractivity contribution is 0.386. The quantitative estimate of drug-likeness (QED) is 0.215. The Morgan fingerprint density at radius 3 is 2.76 bits per heavy atom. The topological polar surface area (TPSA) is 86.7 Å². The number of rotatable bonds is 9. The summed E-state index contributed by atoms with van der Waals surface area (Å²) in [7, 11) is 4.18. The summed E-state index contributed by atoms with van der Waals surface area (Å²) in [6.45, 7) is 7.00. The van der Waals surface area contributed by atoms with Crippen LogP contribution < -0.4 is 10.6 Å². The van der Waals surface area contributed by atoms with Gasteiger partial charge in [-0.2, -0.15) is 5.10 Å². The minimum Gasteiger partial charge on any atom is -0.340 e. The van der Waals surface area contributed by atoms with Crippen molar-refractivity contribution >= 4 is 54.9 Å². The van der Waals surface area contributed by atoms with E-state index in [2.05, 4.69) is 101 Å². The number of hydrogen-bond donors (Lipinski definition) is 3. The highest BCUT2D eigenvalue weighted by Gasteiger charge is 2.15. The molecule has 0 radical (unpaired) electrons. The second kappa shape index (κ2) is 10.2. The minimum absolute atomic E-state index is 0.458. The highest BCUT2D eigenvalue weighted by Crippen LogP contribution is 2.33. The van der Waals surface area contributed by atoms with Gasteiger partial charge in [0.05, 0.1) is 17.1 Å². The molecule has 9 heteroatoms. The van der Waals surface area contributed by atoms with Crippen LogP contribution in [0.1, 0.15) is 18.7 Å². The monoisotopic (exact) mass is 524 g/mol. The highest BCUT2D eigenvalue weighted by atomic mass is 32.1. The molecule has 0 bridgehead atoms. The summed E-state index contributed by atoms with van der Waals surface area (Å²) in [5.41, 5.74) is 3.91. The van der Waals surface area contributed by atoms with Crippen LogP contribution in [0.25, 0.3) is 43.4 Å². The van der Waals surface area contributed by atoms with Crippen molar-refractivity contribution in [3.63, 3.8) is 0 Å². The van der Waals surface area contributed by atoms with Gasteiger partial charge in [0, 0.05) is 58.1 Å². The molecule has 0 unspecified atom stereocenters. The molecule has 6 rings (SSSR count). The van der Waals surface area contributed by atoms with Crippen LogP contribution >= 0.6 is 11.3 Å². The fourth-order valence-corrected chi connectivity index (χ4v) is 5.61. The van der Waals surface area contributed by atoms with Crippen molar-refractivity contribution in [2.75, 3.05) is 26.0 Å². The fourth-order valence-electron chi connectivity index (χ4n) is 4.55. The summed E-state index contributed by atoms with van der Waals surface area (Å²) in [6, 6.07) is 17.5. The van der Waals surface area contributed by atoms with Gasteiger partial charge < -0.3 is 20.1 Å². The molecular weight excluding hydrogens is 492 g/mol. The number of hydrogen-bond acceptors (Lipinski definition) is 7. The van der Waals surface area contributed by atoms with Gasteiger partial charge in [-0.1, -0.05) is 26.0 Å². The van der Waals surface area contributed by atoms with Crippen molar-refractivity contribution < 1.29 is 0 Å². The lowest BCUT2D eigenvalue weighted by Gasteiger charge is -2.13. The van der Waals surface area contributed by atoms with Crippen LogP contribution in [0.2, 0.25) is 0 Å². The van der Waals surface area contributed by atoms with E-state index in [1.165, 1.54) is 15.0 Å². The maximum absolute atomic E-state index is 5.07. The smallest absolute Gasteiger partial charge is 0.163 e. The van der Waals surface area contributed by atoms with Crippen molar-refractivity contribution in [3.8, 4) is 11.4 Å². The Morgan fingerprint density at radius 1 is 1.03 bits per heavy atom. The van der Waals surface area contributed by atoms with E-state index in [0.717, 1.165) is 58.6 Å². The predicted octanol–water partition coefficient (Wildman–Crippen LogP) is 5.99. The molecule has 3 N–H and O–H groups in total. The summed E-state index contributed by atoms with van der Waals surface area (Å²) >= 11 is 1.82. The molecule has 0 amide bonds. The van der Waals surface area contributed by atoms with Crippen LogP contribution in [-0.4, -0.2) is 56.3 Å². The first-order valence-electron chi connectivity index (χ1n) is 12.9. The Labute approximate surface area is 225 Å². The van der Waals surface area contributed by atoms with Crippen molar-refractivity contribution in [2.24, 2.45) is 0 Å². The molecule has 8 nitrogen and oxygen atoms in total. The second-order valence-corrected chi connectivity index (χ2v) is 11.4. The number of anilines is 2. The third-order valence-corrected chi connectivity index (χ3v) is 7.72. The molecule has 4 aromatic heterocycles. The summed E-state index contributed by atoms with van der Waals surface area (Å²) in [6.07, 6.45) is 3.94. The van der Waals surface area contributed by atoms with Gasteiger partial charge in [-0.3, -0.25) is 5.10 Å². The SMILES string of the molecule is CC(C)NCc1cc2ccc(-c3nc(Nc4ccc5[nH]ncc5c4)c4ccn(CCN(C)C)c4n3)cc2s1. The Hall–Kier alpha value is -3.79. The molecule has 38 heavy (non-hydrogen) atoms. The zero-order chi connectivity index (χ0) is 26.2. The number of likely N-dealkylation sites (N-methyl/N-ethyl adjacent to an activating group) is 1. The lowest BCUT2D eigenvalue weighted by atomic mass is 10.1. The van der Waals surface area contributed by atoms with E-state index in [1.54, 1.807) is 0 Å². The van der Waals surface area contributed by atoms with E-state index in [9.17, 15) is 0 Å². The Bertz CT molecular complexity index is 1730. The average Bonchev–Trinajstić information content (AvgIpc) is 3.63. The third-order valence-electron chi connectivity index (χ3n) is 6.62. The number of H-pyrrole nitrogens is 1. The third kappa shape index (κ3) is 5.00. The van der Waals surface area contributed by atoms with Gasteiger partial charge in [0.15, 0.2) is 5.82 Å². The first-order valence-corrected chi connectivity index (χ1v) is 13.7. The molecule has 0 spiro atoms. The standard InChI is InChI=1S/C29H32N8S/c1-18(2)30-17-23-14-19-5-6-20(15-26(19)38-23)27-33-28(32-22-7-8-25-21(13-22)16-31-35-25)24-9-10-37(29(24)34-27)12-11-36(3)4/h5-10,13-16,18,30H,11-12,17H2,1-4H3,(H,31,35)(H,32,33,34). The summed E-state index contributed by atoms with van der Waals surface area (Å²) in [5.74, 6) is 1.51. The minimum atomic E-state index is 0.458. The van der Waals surface area contributed by atoms with E-state index < -0.39 is 0 Å². The number of nitrogens with one attached hydrogen (secondary N) is 3. The zero-order valence-electron chi connectivity index (χ0n) is 22.1. The largest absolute Gasteiger partial charge is 0.340 e. The molecule has 0 aliphatic heterocycles. The molecule has 0 aliphatic rings. The van der Waals surface area contributed by atoms with Crippen molar-refractivity contribution in [2.45, 2.75) is 33.0 Å². The van der Waals surface area contributed by atoms with Crippen molar-refractivity contribution in [1.82, 2.24) is 34.9 Å². The number of aromatic amines is 1. The Kier molecular flexibility index (Phi) is 6.57. The van der Waals surface area contributed by atoms with E-state index in [0.29, 0.717) is 11.9 Å². The normalized spacial score (nSPS) is 12.1. The molecule has 0 atom stereocenters. The average molecular weight is 525 g/mol. The van der Waals surface area contributed by atoms with E-state index in [1.807, 2.05) is 29.7 Å². The molecule has 4 heterocycles. The van der Waals surface area contributed by atoms with E-state index in [4.69, 9.17) is 9.97 Å². The van der Waals surface area contributed by atoms with Crippen LogP contribution in [0.5, 0.6) is 0 Å². The molecule has 194 valence electrons. The highest BCUT2D eigenvalue weighted by molar-refractivity contribution is 7.19. The van der Waals surface area contributed by atoms with Crippen LogP contribution in [0.3, 0.4) is 0 Å². The summed E-state index contributed by atoms with van der Waals surface area (Å²) < 4.78 is 3.46. The first kappa shape index (κ1) is 24.5. The number of benzene rings is 2. The lowest BCUT2D eigenvalue weighted by Crippen LogP contribution is -2.21. The van der Waals surface area contributed by atoms with Crippen LogP contribution in [0.4, 0.5) is 11.5 Å². The van der Waals surface area contributed by atoms with Crippen LogP contribution in [0.15, 0.2) is 60.9 Å². The molecule has 0 saturated carbocycles. The molecular formula is C29H32N8S. The second-order valence-electron chi connectivity index (χ2n) is 10.2. The maximum atomic E-state index is 5.07. The van der Waals surface area contributed by atoms with Gasteiger partial charge in [0.2, 0.25) is 0 Å². The predicted molar refractivity (Wildman–Crippen MR) is 158 cm³/mol. The van der Waals surface area contributed by atoms with E-state index in [-0.39, 0.29) is 0 Å². The molecule has 2 aromatic carbocycles. The van der Waals surface area contributed by atoms with Crippen molar-refractivity contribution in [3.05, 3.63) is 65.8 Å². The summed E-state index contributed by atoms with van der Waals surface area (Å²) in [4.78, 5) is 13.6. The van der Waals surface area contributed by atoms with Gasteiger partial charge in [-0.15, -0.1) is 11.3 Å². The van der Waals surface area contributed by atoms with Crippen molar-refractivity contribution in [1.29, 1.82) is 0 Å². The van der Waals surface area contributed by atoms with Gasteiger partial charge >= 0.3 is 0 Å². The Morgan fingerprint density at radius 2 is 1.92 bits per heavy atom. The fraction of sp³-hybridized carbons (Fsp3) is 0.276. The number of thiophene rings is 1. The molecule has 0 saturated heterocycles. The number of fused-ring (bicyclic) bond motifs is 3. The van der Waals surface area contributed by atoms with E-state index >= 15 is 0 Å². The zero-order valence-corrected chi connectivity index (χ0v) is 22.9. The molecule has 0 fully saturated rings. The van der Waals surface area contributed by atoms with Gasteiger partial charge in [0.1, 0.15) is 11.5 Å². The van der Waals surface area contributed by atoms with Crippen LogP contribution in [0, 0.1) is 0 Å². The van der Waals surface area contributed by atoms with Gasteiger partial charge in [0.25, 0.3) is 0 Å².